The highest BCUT2D eigenvalue weighted by Gasteiger charge is 2.49. The van der Waals surface area contributed by atoms with E-state index >= 15 is 0 Å². The molecular weight excluding hydrogens is 394 g/mol. The molecule has 1 spiro atoms. The van der Waals surface area contributed by atoms with Gasteiger partial charge in [-0.1, -0.05) is 19.0 Å². The zero-order valence-electron chi connectivity index (χ0n) is 17.8. The number of amides is 1. The zero-order valence-corrected chi connectivity index (χ0v) is 18.7. The summed E-state index contributed by atoms with van der Waals surface area (Å²) < 4.78 is 30.8. The molecule has 1 unspecified atom stereocenters. The zero-order chi connectivity index (χ0) is 21.2. The van der Waals surface area contributed by atoms with Crippen LogP contribution in [0.4, 0.5) is 0 Å². The number of piperidine rings is 1. The Morgan fingerprint density at radius 1 is 1.31 bits per heavy atom. The van der Waals surface area contributed by atoms with Crippen LogP contribution in [-0.4, -0.2) is 72.1 Å². The normalized spacial score (nSPS) is 23.1. The summed E-state index contributed by atoms with van der Waals surface area (Å²) >= 11 is 0. The molecule has 2 aliphatic rings. The Morgan fingerprint density at radius 3 is 2.48 bits per heavy atom. The van der Waals surface area contributed by atoms with Crippen LogP contribution < -0.4 is 5.32 Å². The molecule has 0 saturated carbocycles. The van der Waals surface area contributed by atoms with Gasteiger partial charge in [0.15, 0.2) is 5.82 Å². The lowest BCUT2D eigenvalue weighted by atomic mass is 9.77. The maximum absolute atomic E-state index is 12.7. The molecular formula is C19H33N5O4S. The molecule has 2 saturated heterocycles. The Bertz CT molecular complexity index is 812. The average molecular weight is 428 g/mol. The van der Waals surface area contributed by atoms with Gasteiger partial charge in [0.05, 0.1) is 18.8 Å². The largest absolute Gasteiger partial charge is 0.352 e. The van der Waals surface area contributed by atoms with Crippen LogP contribution in [-0.2, 0) is 14.8 Å². The number of rotatable bonds is 7. The van der Waals surface area contributed by atoms with Crippen molar-refractivity contribution in [1.82, 2.24) is 24.7 Å². The number of nitrogens with zero attached hydrogens (tertiary/aromatic N) is 4. The van der Waals surface area contributed by atoms with Crippen molar-refractivity contribution < 1.29 is 17.7 Å². The SMILES string of the molecule is CCC(CC)NC(=O)CN1CC2(CCN(S(C)(=O)=O)CC2)CC1c1nc(C)no1. The van der Waals surface area contributed by atoms with Gasteiger partial charge in [0.25, 0.3) is 0 Å². The monoisotopic (exact) mass is 427 g/mol. The maximum Gasteiger partial charge on any atom is 0.244 e. The number of carbonyl (C=O) groups is 1. The highest BCUT2D eigenvalue weighted by Crippen LogP contribution is 2.48. The van der Waals surface area contributed by atoms with Gasteiger partial charge in [-0.2, -0.15) is 4.98 Å². The molecule has 1 aromatic heterocycles. The van der Waals surface area contributed by atoms with Crippen molar-refractivity contribution in [2.24, 2.45) is 5.41 Å². The van der Waals surface area contributed by atoms with Crippen molar-refractivity contribution in [2.45, 2.75) is 65.0 Å². The van der Waals surface area contributed by atoms with E-state index in [4.69, 9.17) is 4.52 Å². The molecule has 0 aliphatic carbocycles. The average Bonchev–Trinajstić information content (AvgIpc) is 3.23. The maximum atomic E-state index is 12.7. The first-order chi connectivity index (χ1) is 13.7. The molecule has 3 heterocycles. The number of nitrogens with one attached hydrogen (secondary N) is 1. The number of hydrogen-bond acceptors (Lipinski definition) is 7. The lowest BCUT2D eigenvalue weighted by Gasteiger charge is -2.38. The molecule has 1 amide bonds. The summed E-state index contributed by atoms with van der Waals surface area (Å²) in [5.74, 6) is 1.13. The van der Waals surface area contributed by atoms with E-state index in [0.29, 0.717) is 24.8 Å². The Kier molecular flexibility index (Phi) is 6.64. The molecule has 0 radical (unpaired) electrons. The molecule has 1 N–H and O–H groups in total. The molecule has 29 heavy (non-hydrogen) atoms. The van der Waals surface area contributed by atoms with Crippen LogP contribution in [0.15, 0.2) is 4.52 Å². The lowest BCUT2D eigenvalue weighted by Crippen LogP contribution is -2.45. The van der Waals surface area contributed by atoms with Gasteiger partial charge in [-0.25, -0.2) is 12.7 Å². The van der Waals surface area contributed by atoms with Crippen molar-refractivity contribution in [3.63, 3.8) is 0 Å². The van der Waals surface area contributed by atoms with Crippen molar-refractivity contribution in [2.75, 3.05) is 32.4 Å². The second kappa shape index (κ2) is 8.69. The van der Waals surface area contributed by atoms with E-state index in [1.165, 1.54) is 6.26 Å². The number of carbonyl (C=O) groups excluding carboxylic acids is 1. The van der Waals surface area contributed by atoms with Crippen LogP contribution in [0.1, 0.15) is 63.7 Å². The van der Waals surface area contributed by atoms with E-state index in [-0.39, 0.29) is 30.0 Å². The van der Waals surface area contributed by atoms with Gasteiger partial charge in [0, 0.05) is 25.7 Å². The lowest BCUT2D eigenvalue weighted by molar-refractivity contribution is -0.123. The van der Waals surface area contributed by atoms with E-state index in [1.54, 1.807) is 11.2 Å². The molecule has 1 aromatic rings. The molecule has 164 valence electrons. The van der Waals surface area contributed by atoms with Gasteiger partial charge in [-0.15, -0.1) is 0 Å². The number of aromatic nitrogens is 2. The predicted octanol–water partition coefficient (Wildman–Crippen LogP) is 1.47. The standard InChI is InChI=1S/C19H33N5O4S/c1-5-15(6-2)21-17(25)12-23-13-19(7-9-24(10-8-19)29(4,26)27)11-16(23)18-20-14(3)22-28-18/h15-16H,5-13H2,1-4H3,(H,21,25). The predicted molar refractivity (Wildman–Crippen MR) is 109 cm³/mol. The van der Waals surface area contributed by atoms with Crippen LogP contribution in [0.3, 0.4) is 0 Å². The Hall–Kier alpha value is -1.52. The molecule has 1 atom stereocenters. The molecule has 9 nitrogen and oxygen atoms in total. The Balaban J connectivity index is 1.74. The first kappa shape index (κ1) is 22.2. The highest BCUT2D eigenvalue weighted by atomic mass is 32.2. The minimum Gasteiger partial charge on any atom is -0.352 e. The second-order valence-electron chi connectivity index (χ2n) is 8.55. The molecule has 3 rings (SSSR count). The van der Waals surface area contributed by atoms with Crippen LogP contribution in [0.5, 0.6) is 0 Å². The molecule has 10 heteroatoms. The smallest absolute Gasteiger partial charge is 0.244 e. The number of hydrogen-bond donors (Lipinski definition) is 1. The second-order valence-corrected chi connectivity index (χ2v) is 10.5. The van der Waals surface area contributed by atoms with Gasteiger partial charge in [-0.3, -0.25) is 9.69 Å². The molecule has 0 bridgehead atoms. The Morgan fingerprint density at radius 2 is 1.97 bits per heavy atom. The number of likely N-dealkylation sites (tertiary alicyclic amines) is 1. The Labute approximate surface area is 173 Å². The van der Waals surface area contributed by atoms with Gasteiger partial charge in [0.1, 0.15) is 0 Å². The number of sulfonamides is 1. The van der Waals surface area contributed by atoms with Gasteiger partial charge >= 0.3 is 0 Å². The van der Waals surface area contributed by atoms with Crippen LogP contribution in [0.2, 0.25) is 0 Å². The minimum absolute atomic E-state index is 0.00515. The third-order valence-electron chi connectivity index (χ3n) is 6.38. The minimum atomic E-state index is -3.17. The quantitative estimate of drug-likeness (QED) is 0.702. The highest BCUT2D eigenvalue weighted by molar-refractivity contribution is 7.88. The molecule has 2 fully saturated rings. The van der Waals surface area contributed by atoms with Gasteiger partial charge < -0.3 is 9.84 Å². The summed E-state index contributed by atoms with van der Waals surface area (Å²) in [6.07, 6.45) is 5.41. The van der Waals surface area contributed by atoms with E-state index in [9.17, 15) is 13.2 Å². The van der Waals surface area contributed by atoms with Gasteiger partial charge in [0.2, 0.25) is 21.8 Å². The topological polar surface area (TPSA) is 109 Å². The summed E-state index contributed by atoms with van der Waals surface area (Å²) in [7, 11) is -3.17. The van der Waals surface area contributed by atoms with Crippen molar-refractivity contribution >= 4 is 15.9 Å². The number of aryl methyl sites for hydroxylation is 1. The van der Waals surface area contributed by atoms with Gasteiger partial charge in [-0.05, 0) is 44.4 Å². The fourth-order valence-corrected chi connectivity index (χ4v) is 5.45. The third kappa shape index (κ3) is 5.16. The first-order valence-corrected chi connectivity index (χ1v) is 12.3. The van der Waals surface area contributed by atoms with Crippen molar-refractivity contribution in [1.29, 1.82) is 0 Å². The van der Waals surface area contributed by atoms with E-state index in [1.807, 2.05) is 0 Å². The fourth-order valence-electron chi connectivity index (χ4n) is 4.61. The summed E-state index contributed by atoms with van der Waals surface area (Å²) in [4.78, 5) is 19.2. The van der Waals surface area contributed by atoms with Crippen LogP contribution in [0.25, 0.3) is 0 Å². The summed E-state index contributed by atoms with van der Waals surface area (Å²) in [5, 5.41) is 7.03. The van der Waals surface area contributed by atoms with Crippen molar-refractivity contribution in [3.05, 3.63) is 11.7 Å². The van der Waals surface area contributed by atoms with Crippen LogP contribution >= 0.6 is 0 Å². The first-order valence-electron chi connectivity index (χ1n) is 10.4. The van der Waals surface area contributed by atoms with Crippen LogP contribution in [0, 0.1) is 12.3 Å². The van der Waals surface area contributed by atoms with E-state index in [0.717, 1.165) is 38.6 Å². The fraction of sp³-hybridized carbons (Fsp3) is 0.842. The summed E-state index contributed by atoms with van der Waals surface area (Å²) in [5.41, 5.74) is -0.0383. The third-order valence-corrected chi connectivity index (χ3v) is 7.69. The van der Waals surface area contributed by atoms with E-state index < -0.39 is 10.0 Å². The summed E-state index contributed by atoms with van der Waals surface area (Å²) in [6, 6.07) is 0.0644. The van der Waals surface area contributed by atoms with Crippen molar-refractivity contribution in [3.8, 4) is 0 Å². The summed E-state index contributed by atoms with van der Waals surface area (Å²) in [6.45, 7) is 7.96. The molecule has 0 aromatic carbocycles. The molecule has 2 aliphatic heterocycles. The van der Waals surface area contributed by atoms with E-state index in [2.05, 4.69) is 34.2 Å².